The second-order valence-electron chi connectivity index (χ2n) is 5.54. The smallest absolute Gasteiger partial charge is 0.253 e. The van der Waals surface area contributed by atoms with Gasteiger partial charge in [-0.05, 0) is 41.7 Å². The second kappa shape index (κ2) is 8.36. The first-order chi connectivity index (χ1) is 11.5. The molecule has 128 valence electrons. The van der Waals surface area contributed by atoms with E-state index >= 15 is 0 Å². The highest BCUT2D eigenvalue weighted by molar-refractivity contribution is 5.81. The topological polar surface area (TPSA) is 78.8 Å². The summed E-state index contributed by atoms with van der Waals surface area (Å²) in [4.78, 5) is 12.0. The van der Waals surface area contributed by atoms with Crippen LogP contribution in [0.15, 0.2) is 42.5 Å². The SMILES string of the molecule is CCc1ccc(C(O)C(=O)NCCc2ccc(O)c(OC)c2)cc1. The Labute approximate surface area is 141 Å². The highest BCUT2D eigenvalue weighted by Gasteiger charge is 2.16. The van der Waals surface area contributed by atoms with Crippen LogP contribution in [0.3, 0.4) is 0 Å². The number of carbonyl (C=O) groups is 1. The van der Waals surface area contributed by atoms with Crippen molar-refractivity contribution >= 4 is 5.91 Å². The minimum Gasteiger partial charge on any atom is -0.504 e. The molecule has 2 aromatic carbocycles. The third-order valence-electron chi connectivity index (χ3n) is 3.91. The minimum atomic E-state index is -1.18. The van der Waals surface area contributed by atoms with Crippen LogP contribution in [0.1, 0.15) is 29.7 Å². The van der Waals surface area contributed by atoms with Gasteiger partial charge < -0.3 is 20.3 Å². The summed E-state index contributed by atoms with van der Waals surface area (Å²) in [6, 6.07) is 12.4. The van der Waals surface area contributed by atoms with Crippen LogP contribution >= 0.6 is 0 Å². The maximum atomic E-state index is 12.0. The maximum Gasteiger partial charge on any atom is 0.253 e. The second-order valence-corrected chi connectivity index (χ2v) is 5.54. The number of aromatic hydroxyl groups is 1. The molecule has 0 saturated carbocycles. The summed E-state index contributed by atoms with van der Waals surface area (Å²) in [5.74, 6) is 0.0519. The summed E-state index contributed by atoms with van der Waals surface area (Å²) < 4.78 is 5.05. The van der Waals surface area contributed by atoms with Gasteiger partial charge in [-0.3, -0.25) is 4.79 Å². The average molecular weight is 329 g/mol. The van der Waals surface area contributed by atoms with Crippen LogP contribution in [0.2, 0.25) is 0 Å². The molecule has 0 aromatic heterocycles. The molecule has 0 heterocycles. The van der Waals surface area contributed by atoms with E-state index < -0.39 is 12.0 Å². The van der Waals surface area contributed by atoms with Crippen LogP contribution < -0.4 is 10.1 Å². The molecule has 0 fully saturated rings. The van der Waals surface area contributed by atoms with Crippen molar-refractivity contribution in [2.45, 2.75) is 25.9 Å². The molecule has 24 heavy (non-hydrogen) atoms. The first-order valence-corrected chi connectivity index (χ1v) is 7.95. The maximum absolute atomic E-state index is 12.0. The molecule has 0 saturated heterocycles. The van der Waals surface area contributed by atoms with E-state index in [9.17, 15) is 15.0 Å². The molecular formula is C19H23NO4. The fourth-order valence-corrected chi connectivity index (χ4v) is 2.39. The van der Waals surface area contributed by atoms with E-state index in [2.05, 4.69) is 12.2 Å². The highest BCUT2D eigenvalue weighted by Crippen LogP contribution is 2.26. The summed E-state index contributed by atoms with van der Waals surface area (Å²) in [5, 5.41) is 22.4. The quantitative estimate of drug-likeness (QED) is 0.728. The number of rotatable bonds is 7. The standard InChI is InChI=1S/C19H23NO4/c1-3-13-4-7-15(8-5-13)18(22)19(23)20-11-10-14-6-9-16(21)17(12-14)24-2/h4-9,12,18,21-22H,3,10-11H2,1-2H3,(H,20,23). The number of hydrogen-bond donors (Lipinski definition) is 3. The first kappa shape index (κ1) is 17.8. The van der Waals surface area contributed by atoms with Gasteiger partial charge in [-0.1, -0.05) is 37.3 Å². The van der Waals surface area contributed by atoms with Gasteiger partial charge in [0, 0.05) is 6.54 Å². The van der Waals surface area contributed by atoms with E-state index in [0.717, 1.165) is 17.5 Å². The minimum absolute atomic E-state index is 0.0798. The Morgan fingerprint density at radius 3 is 2.46 bits per heavy atom. The Balaban J connectivity index is 1.88. The van der Waals surface area contributed by atoms with Crippen molar-refractivity contribution in [3.63, 3.8) is 0 Å². The summed E-state index contributed by atoms with van der Waals surface area (Å²) in [7, 11) is 1.49. The van der Waals surface area contributed by atoms with Crippen LogP contribution in [0.4, 0.5) is 0 Å². The molecule has 1 unspecified atom stereocenters. The monoisotopic (exact) mass is 329 g/mol. The predicted octanol–water partition coefficient (Wildman–Crippen LogP) is 2.36. The van der Waals surface area contributed by atoms with Gasteiger partial charge in [0.05, 0.1) is 7.11 Å². The van der Waals surface area contributed by atoms with Crippen molar-refractivity contribution in [1.82, 2.24) is 5.32 Å². The van der Waals surface area contributed by atoms with E-state index in [-0.39, 0.29) is 5.75 Å². The number of hydrogen-bond acceptors (Lipinski definition) is 4. The molecule has 5 heteroatoms. The predicted molar refractivity (Wildman–Crippen MR) is 92.2 cm³/mol. The summed E-state index contributed by atoms with van der Waals surface area (Å²) in [5.41, 5.74) is 2.66. The van der Waals surface area contributed by atoms with E-state index in [1.807, 2.05) is 12.1 Å². The summed E-state index contributed by atoms with van der Waals surface area (Å²) >= 11 is 0. The first-order valence-electron chi connectivity index (χ1n) is 7.95. The van der Waals surface area contributed by atoms with Crippen LogP contribution in [-0.4, -0.2) is 29.8 Å². The lowest BCUT2D eigenvalue weighted by Gasteiger charge is -2.12. The Bertz CT molecular complexity index is 682. The van der Waals surface area contributed by atoms with Crippen LogP contribution in [0, 0.1) is 0 Å². The lowest BCUT2D eigenvalue weighted by atomic mass is 10.1. The van der Waals surface area contributed by atoms with Crippen LogP contribution in [0.25, 0.3) is 0 Å². The zero-order valence-electron chi connectivity index (χ0n) is 14.0. The average Bonchev–Trinajstić information content (AvgIpc) is 2.62. The molecule has 2 rings (SSSR count). The Morgan fingerprint density at radius 1 is 1.17 bits per heavy atom. The Morgan fingerprint density at radius 2 is 1.83 bits per heavy atom. The van der Waals surface area contributed by atoms with Crippen molar-refractivity contribution in [1.29, 1.82) is 0 Å². The Kier molecular flexibility index (Phi) is 6.21. The van der Waals surface area contributed by atoms with Crippen molar-refractivity contribution in [2.24, 2.45) is 0 Å². The van der Waals surface area contributed by atoms with Gasteiger partial charge in [0.15, 0.2) is 17.6 Å². The molecular weight excluding hydrogens is 306 g/mol. The molecule has 1 amide bonds. The van der Waals surface area contributed by atoms with Gasteiger partial charge in [-0.2, -0.15) is 0 Å². The van der Waals surface area contributed by atoms with Gasteiger partial charge in [0.25, 0.3) is 5.91 Å². The molecule has 3 N–H and O–H groups in total. The number of carbonyl (C=O) groups excluding carboxylic acids is 1. The molecule has 0 aliphatic carbocycles. The number of aliphatic hydroxyl groups is 1. The third-order valence-corrected chi connectivity index (χ3v) is 3.91. The zero-order valence-corrected chi connectivity index (χ0v) is 14.0. The van der Waals surface area contributed by atoms with E-state index in [1.54, 1.807) is 30.3 Å². The number of nitrogens with one attached hydrogen (secondary N) is 1. The largest absolute Gasteiger partial charge is 0.504 e. The zero-order chi connectivity index (χ0) is 17.5. The number of phenols is 1. The fourth-order valence-electron chi connectivity index (χ4n) is 2.39. The van der Waals surface area contributed by atoms with E-state index in [1.165, 1.54) is 7.11 Å². The number of aliphatic hydroxyl groups excluding tert-OH is 1. The molecule has 2 aromatic rings. The fraction of sp³-hybridized carbons (Fsp3) is 0.316. The Hall–Kier alpha value is -2.53. The third kappa shape index (κ3) is 4.49. The van der Waals surface area contributed by atoms with Gasteiger partial charge in [-0.15, -0.1) is 0 Å². The van der Waals surface area contributed by atoms with Crippen molar-refractivity contribution in [3.05, 3.63) is 59.2 Å². The summed E-state index contributed by atoms with van der Waals surface area (Å²) in [6.07, 6.45) is 0.313. The van der Waals surface area contributed by atoms with E-state index in [4.69, 9.17) is 4.74 Å². The number of amides is 1. The number of phenolic OH excluding ortho intramolecular Hbond substituents is 1. The molecule has 1 atom stereocenters. The molecule has 0 radical (unpaired) electrons. The van der Waals surface area contributed by atoms with Crippen LogP contribution in [0.5, 0.6) is 11.5 Å². The normalized spacial score (nSPS) is 11.8. The van der Waals surface area contributed by atoms with Crippen molar-refractivity contribution < 1.29 is 19.7 Å². The van der Waals surface area contributed by atoms with Gasteiger partial charge in [0.1, 0.15) is 0 Å². The van der Waals surface area contributed by atoms with Gasteiger partial charge in [-0.25, -0.2) is 0 Å². The molecule has 0 spiro atoms. The van der Waals surface area contributed by atoms with Crippen LogP contribution in [-0.2, 0) is 17.6 Å². The lowest BCUT2D eigenvalue weighted by molar-refractivity contribution is -0.129. The number of benzene rings is 2. The van der Waals surface area contributed by atoms with Crippen molar-refractivity contribution in [2.75, 3.05) is 13.7 Å². The molecule has 0 aliphatic rings. The van der Waals surface area contributed by atoms with Gasteiger partial charge >= 0.3 is 0 Å². The number of ether oxygens (including phenoxy) is 1. The van der Waals surface area contributed by atoms with E-state index in [0.29, 0.717) is 24.3 Å². The number of methoxy groups -OCH3 is 1. The van der Waals surface area contributed by atoms with Crippen molar-refractivity contribution in [3.8, 4) is 11.5 Å². The highest BCUT2D eigenvalue weighted by atomic mass is 16.5. The van der Waals surface area contributed by atoms with Gasteiger partial charge in [0.2, 0.25) is 0 Å². The molecule has 5 nitrogen and oxygen atoms in total. The number of aryl methyl sites for hydroxylation is 1. The summed E-state index contributed by atoms with van der Waals surface area (Å²) in [6.45, 7) is 2.44. The molecule has 0 bridgehead atoms. The lowest BCUT2D eigenvalue weighted by Crippen LogP contribution is -2.31. The molecule has 0 aliphatic heterocycles.